The first-order valence-electron chi connectivity index (χ1n) is 5.05. The van der Waals surface area contributed by atoms with E-state index in [1.165, 1.54) is 11.8 Å². The molecule has 0 aliphatic rings. The van der Waals surface area contributed by atoms with Crippen molar-refractivity contribution in [3.63, 3.8) is 0 Å². The molecule has 0 unspecified atom stereocenters. The van der Waals surface area contributed by atoms with Crippen LogP contribution in [0.2, 0.25) is 0 Å². The van der Waals surface area contributed by atoms with E-state index in [1.54, 1.807) is 12.3 Å². The number of aryl methyl sites for hydroxylation is 1. The zero-order valence-electron chi connectivity index (χ0n) is 9.27. The van der Waals surface area contributed by atoms with Gasteiger partial charge in [0.1, 0.15) is 11.6 Å². The van der Waals surface area contributed by atoms with Crippen LogP contribution < -0.4 is 5.32 Å². The van der Waals surface area contributed by atoms with E-state index in [4.69, 9.17) is 4.42 Å². The number of nitrogens with one attached hydrogen (secondary N) is 2. The van der Waals surface area contributed by atoms with Gasteiger partial charge in [-0.3, -0.25) is 9.89 Å². The highest BCUT2D eigenvalue weighted by atomic mass is 32.2. The molecular weight excluding hydrogens is 240 g/mol. The number of carbonyl (C=O) groups excluding carboxylic acids is 1. The van der Waals surface area contributed by atoms with Crippen molar-refractivity contribution < 1.29 is 9.21 Å². The largest absolute Gasteiger partial charge is 0.467 e. The molecular formula is C10H12N4O2S. The second-order valence-electron chi connectivity index (χ2n) is 3.35. The third kappa shape index (κ3) is 3.63. The summed E-state index contributed by atoms with van der Waals surface area (Å²) >= 11 is 1.29. The molecule has 0 fully saturated rings. The molecule has 2 N–H and O–H groups in total. The predicted octanol–water partition coefficient (Wildman–Crippen LogP) is 1.11. The zero-order valence-corrected chi connectivity index (χ0v) is 10.1. The summed E-state index contributed by atoms with van der Waals surface area (Å²) in [6, 6.07) is 3.60. The number of rotatable bonds is 5. The van der Waals surface area contributed by atoms with Gasteiger partial charge in [-0.25, -0.2) is 4.98 Å². The Balaban J connectivity index is 1.71. The van der Waals surface area contributed by atoms with Crippen molar-refractivity contribution in [1.29, 1.82) is 0 Å². The number of furan rings is 1. The number of aromatic amines is 1. The highest BCUT2D eigenvalue weighted by Crippen LogP contribution is 2.11. The summed E-state index contributed by atoms with van der Waals surface area (Å²) in [6.45, 7) is 2.22. The molecule has 90 valence electrons. The van der Waals surface area contributed by atoms with Crippen molar-refractivity contribution in [2.75, 3.05) is 5.75 Å². The summed E-state index contributed by atoms with van der Waals surface area (Å²) in [5.74, 6) is 1.69. The Hall–Kier alpha value is -1.76. The first kappa shape index (κ1) is 11.7. The molecule has 6 nitrogen and oxygen atoms in total. The van der Waals surface area contributed by atoms with Crippen molar-refractivity contribution in [2.24, 2.45) is 0 Å². The Bertz CT molecular complexity index is 480. The Morgan fingerprint density at radius 1 is 1.65 bits per heavy atom. The minimum absolute atomic E-state index is 0.0751. The first-order chi connectivity index (χ1) is 8.24. The van der Waals surface area contributed by atoms with Crippen molar-refractivity contribution >= 4 is 17.7 Å². The van der Waals surface area contributed by atoms with Crippen LogP contribution in [0.4, 0.5) is 0 Å². The molecule has 0 aliphatic heterocycles. The van der Waals surface area contributed by atoms with Crippen LogP contribution >= 0.6 is 11.8 Å². The van der Waals surface area contributed by atoms with Crippen LogP contribution in [0.1, 0.15) is 11.6 Å². The lowest BCUT2D eigenvalue weighted by Crippen LogP contribution is -2.24. The predicted molar refractivity (Wildman–Crippen MR) is 62.4 cm³/mol. The summed E-state index contributed by atoms with van der Waals surface area (Å²) < 4.78 is 5.10. The number of H-pyrrole nitrogens is 1. The minimum Gasteiger partial charge on any atom is -0.467 e. The van der Waals surface area contributed by atoms with Crippen molar-refractivity contribution in [3.05, 3.63) is 30.0 Å². The molecule has 0 spiro atoms. The van der Waals surface area contributed by atoms with E-state index < -0.39 is 0 Å². The van der Waals surface area contributed by atoms with E-state index in [9.17, 15) is 4.79 Å². The Labute approximate surface area is 102 Å². The fourth-order valence-corrected chi connectivity index (χ4v) is 1.84. The highest BCUT2D eigenvalue weighted by molar-refractivity contribution is 7.99. The number of hydrogen-bond donors (Lipinski definition) is 2. The van der Waals surface area contributed by atoms with Gasteiger partial charge in [0.25, 0.3) is 0 Å². The van der Waals surface area contributed by atoms with Gasteiger partial charge in [-0.2, -0.15) is 0 Å². The molecule has 7 heteroatoms. The van der Waals surface area contributed by atoms with Crippen LogP contribution in [0, 0.1) is 6.92 Å². The van der Waals surface area contributed by atoms with Crippen LogP contribution in [0.3, 0.4) is 0 Å². The highest BCUT2D eigenvalue weighted by Gasteiger charge is 2.06. The van der Waals surface area contributed by atoms with E-state index in [0.717, 1.165) is 11.6 Å². The smallest absolute Gasteiger partial charge is 0.230 e. The molecule has 0 bridgehead atoms. The second kappa shape index (κ2) is 5.53. The molecule has 2 rings (SSSR count). The molecule has 2 heterocycles. The fraction of sp³-hybridized carbons (Fsp3) is 0.300. The van der Waals surface area contributed by atoms with Crippen LogP contribution in [-0.4, -0.2) is 26.8 Å². The van der Waals surface area contributed by atoms with Gasteiger partial charge in [0.05, 0.1) is 18.6 Å². The van der Waals surface area contributed by atoms with Gasteiger partial charge in [0, 0.05) is 0 Å². The van der Waals surface area contributed by atoms with Gasteiger partial charge < -0.3 is 9.73 Å². The van der Waals surface area contributed by atoms with Crippen molar-refractivity contribution in [2.45, 2.75) is 18.6 Å². The monoisotopic (exact) mass is 252 g/mol. The Kier molecular flexibility index (Phi) is 3.81. The third-order valence-corrected chi connectivity index (χ3v) is 2.80. The van der Waals surface area contributed by atoms with Gasteiger partial charge >= 0.3 is 0 Å². The number of aromatic nitrogens is 3. The summed E-state index contributed by atoms with van der Waals surface area (Å²) in [5.41, 5.74) is 0. The maximum Gasteiger partial charge on any atom is 0.230 e. The minimum atomic E-state index is -0.0751. The molecule has 2 aromatic rings. The fourth-order valence-electron chi connectivity index (χ4n) is 1.17. The van der Waals surface area contributed by atoms with Crippen LogP contribution in [-0.2, 0) is 11.3 Å². The molecule has 1 amide bonds. The van der Waals surface area contributed by atoms with Gasteiger partial charge in [-0.05, 0) is 19.1 Å². The summed E-state index contributed by atoms with van der Waals surface area (Å²) in [4.78, 5) is 15.6. The number of hydrogen-bond acceptors (Lipinski definition) is 5. The lowest BCUT2D eigenvalue weighted by atomic mass is 10.4. The van der Waals surface area contributed by atoms with Crippen LogP contribution in [0.15, 0.2) is 28.0 Å². The van der Waals surface area contributed by atoms with E-state index >= 15 is 0 Å². The van der Waals surface area contributed by atoms with Gasteiger partial charge in [0.15, 0.2) is 0 Å². The van der Waals surface area contributed by atoms with Gasteiger partial charge in [0.2, 0.25) is 11.1 Å². The number of carbonyl (C=O) groups is 1. The average Bonchev–Trinajstić information content (AvgIpc) is 2.95. The molecule has 17 heavy (non-hydrogen) atoms. The lowest BCUT2D eigenvalue weighted by Gasteiger charge is -2.00. The lowest BCUT2D eigenvalue weighted by molar-refractivity contribution is -0.118. The van der Waals surface area contributed by atoms with Crippen LogP contribution in [0.5, 0.6) is 0 Å². The third-order valence-electron chi connectivity index (χ3n) is 1.95. The topological polar surface area (TPSA) is 83.8 Å². The van der Waals surface area contributed by atoms with Gasteiger partial charge in [-0.1, -0.05) is 11.8 Å². The summed E-state index contributed by atoms with van der Waals surface area (Å²) in [7, 11) is 0. The molecule has 0 saturated carbocycles. The SMILES string of the molecule is Cc1nc(SCC(=O)NCc2ccco2)n[nH]1. The summed E-state index contributed by atoms with van der Waals surface area (Å²) in [5, 5.41) is 9.97. The average molecular weight is 252 g/mol. The molecule has 0 aliphatic carbocycles. The number of thioether (sulfide) groups is 1. The molecule has 0 atom stereocenters. The Morgan fingerprint density at radius 2 is 2.53 bits per heavy atom. The first-order valence-corrected chi connectivity index (χ1v) is 6.03. The maximum atomic E-state index is 11.5. The zero-order chi connectivity index (χ0) is 12.1. The summed E-state index contributed by atoms with van der Waals surface area (Å²) in [6.07, 6.45) is 1.58. The normalized spacial score (nSPS) is 10.4. The standard InChI is InChI=1S/C10H12N4O2S/c1-7-12-10(14-13-7)17-6-9(15)11-5-8-3-2-4-16-8/h2-4H,5-6H2,1H3,(H,11,15)(H,12,13,14). The van der Waals surface area contributed by atoms with Gasteiger partial charge in [-0.15, -0.1) is 5.10 Å². The van der Waals surface area contributed by atoms with E-state index in [2.05, 4.69) is 20.5 Å². The molecule has 2 aromatic heterocycles. The van der Waals surface area contributed by atoms with E-state index in [0.29, 0.717) is 11.7 Å². The second-order valence-corrected chi connectivity index (χ2v) is 4.29. The van der Waals surface area contributed by atoms with Crippen molar-refractivity contribution in [3.8, 4) is 0 Å². The maximum absolute atomic E-state index is 11.5. The molecule has 0 aromatic carbocycles. The van der Waals surface area contributed by atoms with E-state index in [1.807, 2.05) is 13.0 Å². The number of amides is 1. The van der Waals surface area contributed by atoms with E-state index in [-0.39, 0.29) is 11.7 Å². The molecule has 0 saturated heterocycles. The Morgan fingerprint density at radius 3 is 3.18 bits per heavy atom. The number of nitrogens with zero attached hydrogens (tertiary/aromatic N) is 2. The van der Waals surface area contributed by atoms with Crippen molar-refractivity contribution in [1.82, 2.24) is 20.5 Å². The quantitative estimate of drug-likeness (QED) is 0.779. The van der Waals surface area contributed by atoms with Crippen LogP contribution in [0.25, 0.3) is 0 Å². The molecule has 0 radical (unpaired) electrons.